The van der Waals surface area contributed by atoms with Crippen molar-refractivity contribution in [2.75, 3.05) is 6.61 Å². The van der Waals surface area contributed by atoms with E-state index in [9.17, 15) is 9.59 Å². The predicted molar refractivity (Wildman–Crippen MR) is 97.0 cm³/mol. The van der Waals surface area contributed by atoms with Gasteiger partial charge < -0.3 is 4.74 Å². The van der Waals surface area contributed by atoms with Crippen LogP contribution in [0, 0.1) is 34.5 Å². The Labute approximate surface area is 150 Å². The zero-order valence-corrected chi connectivity index (χ0v) is 15.9. The van der Waals surface area contributed by atoms with Gasteiger partial charge in [0.2, 0.25) is 0 Å². The molecule has 4 rings (SSSR count). The first-order chi connectivity index (χ1) is 11.8. The highest BCUT2D eigenvalue weighted by molar-refractivity contribution is 6.01. The number of hydrogen-bond acceptors (Lipinski definition) is 3. The minimum Gasteiger partial charge on any atom is -0.369 e. The van der Waals surface area contributed by atoms with E-state index in [1.807, 2.05) is 0 Å². The van der Waals surface area contributed by atoms with Gasteiger partial charge in [-0.3, -0.25) is 9.59 Å². The molecular formula is C22H30O3. The van der Waals surface area contributed by atoms with Crippen LogP contribution in [0.5, 0.6) is 0 Å². The quantitative estimate of drug-likeness (QED) is 0.725. The smallest absolute Gasteiger partial charge is 0.162 e. The van der Waals surface area contributed by atoms with Gasteiger partial charge in [0.15, 0.2) is 5.78 Å². The third-order valence-electron chi connectivity index (χ3n) is 7.98. The van der Waals surface area contributed by atoms with Crippen molar-refractivity contribution in [1.29, 1.82) is 0 Å². The van der Waals surface area contributed by atoms with Crippen LogP contribution in [0.15, 0.2) is 23.8 Å². The minimum atomic E-state index is -0.589. The highest BCUT2D eigenvalue weighted by Crippen LogP contribution is 2.72. The van der Waals surface area contributed by atoms with Crippen molar-refractivity contribution in [2.24, 2.45) is 34.5 Å². The molecule has 6 atom stereocenters. The second-order valence-electron chi connectivity index (χ2n) is 9.40. The van der Waals surface area contributed by atoms with E-state index in [2.05, 4.69) is 34.3 Å². The first-order valence-electron chi connectivity index (χ1n) is 9.78. The molecule has 0 saturated heterocycles. The molecule has 2 saturated carbocycles. The number of Topliss-reactive ketones (excluding diaryl/α,β-unsaturated/α-hetero) is 2. The second-order valence-corrected chi connectivity index (χ2v) is 9.40. The molecule has 136 valence electrons. The summed E-state index contributed by atoms with van der Waals surface area (Å²) >= 11 is 0. The molecule has 0 spiro atoms. The van der Waals surface area contributed by atoms with E-state index in [1.54, 1.807) is 6.08 Å². The molecule has 0 unspecified atom stereocenters. The molecule has 0 amide bonds. The first-order valence-corrected chi connectivity index (χ1v) is 9.78. The molecule has 3 nitrogen and oxygen atoms in total. The van der Waals surface area contributed by atoms with Gasteiger partial charge in [0, 0.05) is 12.3 Å². The summed E-state index contributed by atoms with van der Waals surface area (Å²) < 4.78 is 6.25. The van der Waals surface area contributed by atoms with E-state index < -0.39 is 5.41 Å². The molecule has 0 aliphatic heterocycles. The lowest BCUT2D eigenvalue weighted by Crippen LogP contribution is -2.52. The van der Waals surface area contributed by atoms with E-state index in [4.69, 9.17) is 4.74 Å². The van der Waals surface area contributed by atoms with Gasteiger partial charge >= 0.3 is 0 Å². The molecular weight excluding hydrogens is 312 g/mol. The van der Waals surface area contributed by atoms with Crippen LogP contribution in [-0.4, -0.2) is 24.3 Å². The summed E-state index contributed by atoms with van der Waals surface area (Å²) in [4.78, 5) is 26.7. The molecule has 0 aromatic carbocycles. The summed E-state index contributed by atoms with van der Waals surface area (Å²) in [6.07, 6.45) is 4.88. The summed E-state index contributed by atoms with van der Waals surface area (Å²) in [5.74, 6) is 1.46. The molecule has 0 N–H and O–H groups in total. The fraction of sp³-hybridized carbons (Fsp3) is 0.727. The Bertz CT molecular complexity index is 685. The molecule has 25 heavy (non-hydrogen) atoms. The van der Waals surface area contributed by atoms with Gasteiger partial charge in [0.25, 0.3) is 0 Å². The Morgan fingerprint density at radius 2 is 1.92 bits per heavy atom. The van der Waals surface area contributed by atoms with Crippen LogP contribution >= 0.6 is 0 Å². The summed E-state index contributed by atoms with van der Waals surface area (Å²) in [6.45, 7) is 12.9. The molecule has 4 aliphatic carbocycles. The molecule has 0 aromatic rings. The topological polar surface area (TPSA) is 43.4 Å². The normalized spacial score (nSPS) is 44.7. The van der Waals surface area contributed by atoms with Crippen LogP contribution in [0.25, 0.3) is 0 Å². The van der Waals surface area contributed by atoms with E-state index in [-0.39, 0.29) is 29.1 Å². The average Bonchev–Trinajstić information content (AvgIpc) is 2.93. The van der Waals surface area contributed by atoms with Crippen LogP contribution in [0.3, 0.4) is 0 Å². The first kappa shape index (κ1) is 17.2. The Hall–Kier alpha value is -1.22. The number of carbonyl (C=O) groups is 2. The van der Waals surface area contributed by atoms with Crippen molar-refractivity contribution in [3.8, 4) is 0 Å². The zero-order valence-electron chi connectivity index (χ0n) is 15.9. The number of hydrogen-bond donors (Lipinski definition) is 0. The van der Waals surface area contributed by atoms with E-state index in [0.717, 1.165) is 30.4 Å². The lowest BCUT2D eigenvalue weighted by molar-refractivity contribution is -0.149. The molecule has 0 radical (unpaired) electrons. The standard InChI is InChI=1S/C22H30O3/c1-6-10-25-20-14-9-7-8-13(14)19(24)12(2)17-18-15(21(18,3)4)11-16(23)22(17,20)5/h6,12,15,17-18,20H,1,7-11H2,2-5H3/t12-,15+,17-,18+,20-,22-/m1/s1. The van der Waals surface area contributed by atoms with Gasteiger partial charge in [-0.15, -0.1) is 6.58 Å². The number of rotatable bonds is 3. The van der Waals surface area contributed by atoms with E-state index >= 15 is 0 Å². The SMILES string of the molecule is C=CCO[C@@H]1C2=C(CCC2)C(=O)[C@H](C)[C@@H]2[C@@H]3[C@H](CC(=O)[C@]21C)C3(C)C. The van der Waals surface area contributed by atoms with Gasteiger partial charge in [-0.1, -0.05) is 26.8 Å². The van der Waals surface area contributed by atoms with Crippen LogP contribution < -0.4 is 0 Å². The third kappa shape index (κ3) is 2.08. The second kappa shape index (κ2) is 5.39. The highest BCUT2D eigenvalue weighted by atomic mass is 16.5. The zero-order chi connectivity index (χ0) is 18.1. The number of fused-ring (bicyclic) bond motifs is 3. The van der Waals surface area contributed by atoms with Crippen molar-refractivity contribution in [2.45, 2.75) is 59.5 Å². The van der Waals surface area contributed by atoms with Crippen molar-refractivity contribution in [3.63, 3.8) is 0 Å². The van der Waals surface area contributed by atoms with Crippen LogP contribution in [0.2, 0.25) is 0 Å². The summed E-state index contributed by atoms with van der Waals surface area (Å²) in [7, 11) is 0. The van der Waals surface area contributed by atoms with Crippen LogP contribution in [-0.2, 0) is 14.3 Å². The summed E-state index contributed by atoms with van der Waals surface area (Å²) in [5, 5.41) is 0. The Morgan fingerprint density at radius 3 is 2.60 bits per heavy atom. The lowest BCUT2D eigenvalue weighted by atomic mass is 9.58. The molecule has 0 bridgehead atoms. The Balaban J connectivity index is 1.87. The van der Waals surface area contributed by atoms with Gasteiger partial charge in [-0.05, 0) is 60.5 Å². The van der Waals surface area contributed by atoms with Crippen LogP contribution in [0.4, 0.5) is 0 Å². The fourth-order valence-electron chi connectivity index (χ4n) is 6.60. The minimum absolute atomic E-state index is 0.0849. The average molecular weight is 342 g/mol. The largest absolute Gasteiger partial charge is 0.369 e. The number of carbonyl (C=O) groups excluding carboxylic acids is 2. The van der Waals surface area contributed by atoms with Crippen LogP contribution in [0.1, 0.15) is 53.4 Å². The maximum absolute atomic E-state index is 13.4. The molecule has 0 aromatic heterocycles. The molecule has 3 heteroatoms. The molecule has 4 aliphatic rings. The summed E-state index contributed by atoms with van der Waals surface area (Å²) in [5.41, 5.74) is 1.66. The van der Waals surface area contributed by atoms with Gasteiger partial charge in [-0.25, -0.2) is 0 Å². The number of ether oxygens (including phenoxy) is 1. The van der Waals surface area contributed by atoms with E-state index in [1.165, 1.54) is 0 Å². The van der Waals surface area contributed by atoms with Gasteiger partial charge in [-0.2, -0.15) is 0 Å². The maximum Gasteiger partial charge on any atom is 0.162 e. The Morgan fingerprint density at radius 1 is 1.20 bits per heavy atom. The number of ketones is 2. The highest BCUT2D eigenvalue weighted by Gasteiger charge is 2.72. The number of allylic oxidation sites excluding steroid dienone is 1. The van der Waals surface area contributed by atoms with Gasteiger partial charge in [0.05, 0.1) is 18.1 Å². The van der Waals surface area contributed by atoms with Crippen molar-refractivity contribution >= 4 is 11.6 Å². The fourth-order valence-corrected chi connectivity index (χ4v) is 6.60. The van der Waals surface area contributed by atoms with Crippen molar-refractivity contribution < 1.29 is 14.3 Å². The monoisotopic (exact) mass is 342 g/mol. The van der Waals surface area contributed by atoms with E-state index in [0.29, 0.717) is 30.6 Å². The van der Waals surface area contributed by atoms with Crippen molar-refractivity contribution in [1.82, 2.24) is 0 Å². The molecule has 0 heterocycles. The summed E-state index contributed by atoms with van der Waals surface area (Å²) in [6, 6.07) is 0. The third-order valence-corrected chi connectivity index (χ3v) is 7.98. The van der Waals surface area contributed by atoms with Gasteiger partial charge in [0.1, 0.15) is 5.78 Å². The predicted octanol–water partition coefficient (Wildman–Crippen LogP) is 4.12. The Kier molecular flexibility index (Phi) is 3.71. The molecule has 2 fully saturated rings. The van der Waals surface area contributed by atoms with Crippen molar-refractivity contribution in [3.05, 3.63) is 23.8 Å². The lowest BCUT2D eigenvalue weighted by Gasteiger charge is -2.46. The maximum atomic E-state index is 13.4.